The molecule has 0 aliphatic heterocycles. The summed E-state index contributed by atoms with van der Waals surface area (Å²) in [6.07, 6.45) is 2.07. The van der Waals surface area contributed by atoms with E-state index in [2.05, 4.69) is 23.7 Å². The number of nitrogen functional groups attached to an aromatic ring is 1. The maximum Gasteiger partial charge on any atom is 0.298 e. The lowest BCUT2D eigenvalue weighted by atomic mass is 10.1. The molecule has 2 N–H and O–H groups in total. The van der Waals surface area contributed by atoms with Crippen molar-refractivity contribution in [3.63, 3.8) is 0 Å². The van der Waals surface area contributed by atoms with Gasteiger partial charge in [-0.1, -0.05) is 19.9 Å². The molecular formula is C15H23N3O2. The van der Waals surface area contributed by atoms with Gasteiger partial charge in [0.25, 0.3) is 6.01 Å². The number of oxazole rings is 1. The Kier molecular flexibility index (Phi) is 4.84. The van der Waals surface area contributed by atoms with Crippen LogP contribution in [0.3, 0.4) is 0 Å². The highest BCUT2D eigenvalue weighted by molar-refractivity contribution is 5.86. The molecule has 0 aliphatic rings. The van der Waals surface area contributed by atoms with Gasteiger partial charge in [-0.3, -0.25) is 0 Å². The summed E-state index contributed by atoms with van der Waals surface area (Å²) in [5.74, 6) is 0. The first-order valence-corrected chi connectivity index (χ1v) is 7.11. The van der Waals surface area contributed by atoms with E-state index < -0.39 is 0 Å². The van der Waals surface area contributed by atoms with Gasteiger partial charge in [0.15, 0.2) is 5.58 Å². The van der Waals surface area contributed by atoms with Gasteiger partial charge in [0.05, 0.1) is 12.3 Å². The van der Waals surface area contributed by atoms with Crippen LogP contribution in [-0.4, -0.2) is 31.3 Å². The molecule has 0 radical (unpaired) electrons. The number of fused-ring (bicyclic) bond motifs is 1. The number of methoxy groups -OCH3 is 1. The zero-order valence-electron chi connectivity index (χ0n) is 12.4. The Morgan fingerprint density at radius 1 is 1.35 bits per heavy atom. The number of nitrogens with zero attached hydrogens (tertiary/aromatic N) is 2. The summed E-state index contributed by atoms with van der Waals surface area (Å²) in [4.78, 5) is 6.73. The molecule has 1 aromatic carbocycles. The standard InChI is InChI=1S/C15H23N3O2/c1-4-11(5-2)18(9-10-19-3)15-17-14-12(16)7-6-8-13(14)20-15/h6-8,11H,4-5,9-10,16H2,1-3H3. The monoisotopic (exact) mass is 277 g/mol. The highest BCUT2D eigenvalue weighted by Gasteiger charge is 2.21. The van der Waals surface area contributed by atoms with Crippen molar-refractivity contribution in [2.75, 3.05) is 30.9 Å². The van der Waals surface area contributed by atoms with E-state index in [0.717, 1.165) is 30.5 Å². The number of rotatable bonds is 7. The van der Waals surface area contributed by atoms with Crippen LogP contribution < -0.4 is 10.6 Å². The molecule has 0 spiro atoms. The molecule has 0 saturated heterocycles. The number of anilines is 2. The van der Waals surface area contributed by atoms with Gasteiger partial charge in [0.1, 0.15) is 5.52 Å². The first-order chi connectivity index (χ1) is 9.71. The molecule has 5 heteroatoms. The lowest BCUT2D eigenvalue weighted by Gasteiger charge is -2.28. The number of hydrogen-bond donors (Lipinski definition) is 1. The van der Waals surface area contributed by atoms with Gasteiger partial charge in [0, 0.05) is 19.7 Å². The molecule has 2 aromatic rings. The molecular weight excluding hydrogens is 254 g/mol. The zero-order valence-corrected chi connectivity index (χ0v) is 12.4. The van der Waals surface area contributed by atoms with Crippen LogP contribution in [-0.2, 0) is 4.74 Å². The van der Waals surface area contributed by atoms with E-state index >= 15 is 0 Å². The summed E-state index contributed by atoms with van der Waals surface area (Å²) in [5.41, 5.74) is 8.05. The molecule has 1 aromatic heterocycles. The molecule has 0 unspecified atom stereocenters. The third-order valence-corrected chi connectivity index (χ3v) is 3.60. The van der Waals surface area contributed by atoms with Crippen molar-refractivity contribution in [2.45, 2.75) is 32.7 Å². The van der Waals surface area contributed by atoms with Crippen molar-refractivity contribution in [2.24, 2.45) is 0 Å². The fourth-order valence-corrected chi connectivity index (χ4v) is 2.43. The Bertz CT molecular complexity index is 549. The van der Waals surface area contributed by atoms with E-state index in [9.17, 15) is 0 Å². The Hall–Kier alpha value is -1.75. The number of nitrogens with two attached hydrogens (primary N) is 1. The van der Waals surface area contributed by atoms with Gasteiger partial charge in [-0.2, -0.15) is 4.98 Å². The molecule has 5 nitrogen and oxygen atoms in total. The van der Waals surface area contributed by atoms with Gasteiger partial charge in [-0.05, 0) is 25.0 Å². The minimum atomic E-state index is 0.388. The Labute approximate surface area is 119 Å². The predicted octanol–water partition coefficient (Wildman–Crippen LogP) is 3.05. The topological polar surface area (TPSA) is 64.5 Å². The van der Waals surface area contributed by atoms with Crippen LogP contribution in [0.25, 0.3) is 11.1 Å². The summed E-state index contributed by atoms with van der Waals surface area (Å²) in [5, 5.41) is 0. The van der Waals surface area contributed by atoms with E-state index in [0.29, 0.717) is 24.4 Å². The molecule has 1 heterocycles. The minimum Gasteiger partial charge on any atom is -0.423 e. The first-order valence-electron chi connectivity index (χ1n) is 7.11. The molecule has 0 amide bonds. The second-order valence-corrected chi connectivity index (χ2v) is 4.85. The quantitative estimate of drug-likeness (QED) is 0.788. The first kappa shape index (κ1) is 14.7. The van der Waals surface area contributed by atoms with E-state index in [1.165, 1.54) is 0 Å². The SMILES string of the molecule is CCC(CC)N(CCOC)c1nc2c(N)cccc2o1. The van der Waals surface area contributed by atoms with Crippen LogP contribution in [0.5, 0.6) is 0 Å². The second-order valence-electron chi connectivity index (χ2n) is 4.85. The van der Waals surface area contributed by atoms with Gasteiger partial charge >= 0.3 is 0 Å². The summed E-state index contributed by atoms with van der Waals surface area (Å²) in [6, 6.07) is 6.63. The predicted molar refractivity (Wildman–Crippen MR) is 82.0 cm³/mol. The van der Waals surface area contributed by atoms with Gasteiger partial charge in [-0.15, -0.1) is 0 Å². The fourth-order valence-electron chi connectivity index (χ4n) is 2.43. The summed E-state index contributed by atoms with van der Waals surface area (Å²) in [7, 11) is 1.70. The van der Waals surface area contributed by atoms with Gasteiger partial charge < -0.3 is 19.8 Å². The molecule has 0 saturated carbocycles. The largest absolute Gasteiger partial charge is 0.423 e. The highest BCUT2D eigenvalue weighted by atomic mass is 16.5. The van der Waals surface area contributed by atoms with Crippen LogP contribution >= 0.6 is 0 Å². The maximum absolute atomic E-state index is 5.95. The van der Waals surface area contributed by atoms with Crippen molar-refractivity contribution in [3.8, 4) is 0 Å². The summed E-state index contributed by atoms with van der Waals surface area (Å²) >= 11 is 0. The van der Waals surface area contributed by atoms with Crippen molar-refractivity contribution in [1.82, 2.24) is 4.98 Å². The molecule has 0 fully saturated rings. The van der Waals surface area contributed by atoms with Crippen LogP contribution in [0.2, 0.25) is 0 Å². The normalized spacial score (nSPS) is 11.4. The molecule has 2 rings (SSSR count). The molecule has 20 heavy (non-hydrogen) atoms. The van der Waals surface area contributed by atoms with Crippen molar-refractivity contribution in [3.05, 3.63) is 18.2 Å². The van der Waals surface area contributed by atoms with E-state index in [1.54, 1.807) is 7.11 Å². The Morgan fingerprint density at radius 3 is 2.70 bits per heavy atom. The van der Waals surface area contributed by atoms with Crippen LogP contribution in [0.4, 0.5) is 11.7 Å². The lowest BCUT2D eigenvalue weighted by Crippen LogP contribution is -2.37. The van der Waals surface area contributed by atoms with E-state index in [-0.39, 0.29) is 0 Å². The molecule has 110 valence electrons. The second kappa shape index (κ2) is 6.61. The average Bonchev–Trinajstić information content (AvgIpc) is 2.88. The fraction of sp³-hybridized carbons (Fsp3) is 0.533. The summed E-state index contributed by atoms with van der Waals surface area (Å²) < 4.78 is 11.1. The molecule has 0 aliphatic carbocycles. The molecule has 0 atom stereocenters. The van der Waals surface area contributed by atoms with Gasteiger partial charge in [-0.25, -0.2) is 0 Å². The van der Waals surface area contributed by atoms with Crippen LogP contribution in [0, 0.1) is 0 Å². The summed E-state index contributed by atoms with van der Waals surface area (Å²) in [6.45, 7) is 5.75. The Balaban J connectivity index is 2.36. The van der Waals surface area contributed by atoms with Crippen LogP contribution in [0.15, 0.2) is 22.6 Å². The average molecular weight is 277 g/mol. The molecule has 0 bridgehead atoms. The lowest BCUT2D eigenvalue weighted by molar-refractivity contribution is 0.201. The zero-order chi connectivity index (χ0) is 14.5. The maximum atomic E-state index is 5.95. The third kappa shape index (κ3) is 2.88. The Morgan fingerprint density at radius 2 is 2.10 bits per heavy atom. The number of para-hydroxylation sites is 1. The van der Waals surface area contributed by atoms with E-state index in [4.69, 9.17) is 14.9 Å². The number of benzene rings is 1. The number of hydrogen-bond acceptors (Lipinski definition) is 5. The number of ether oxygens (including phenoxy) is 1. The van der Waals surface area contributed by atoms with Crippen molar-refractivity contribution < 1.29 is 9.15 Å². The third-order valence-electron chi connectivity index (χ3n) is 3.60. The van der Waals surface area contributed by atoms with Crippen LogP contribution in [0.1, 0.15) is 26.7 Å². The van der Waals surface area contributed by atoms with Crippen molar-refractivity contribution >= 4 is 22.8 Å². The smallest absolute Gasteiger partial charge is 0.298 e. The highest BCUT2D eigenvalue weighted by Crippen LogP contribution is 2.28. The van der Waals surface area contributed by atoms with E-state index in [1.807, 2.05) is 18.2 Å². The number of aromatic nitrogens is 1. The minimum absolute atomic E-state index is 0.388. The van der Waals surface area contributed by atoms with Crippen molar-refractivity contribution in [1.29, 1.82) is 0 Å². The van der Waals surface area contributed by atoms with Gasteiger partial charge in [0.2, 0.25) is 0 Å².